The van der Waals surface area contributed by atoms with Crippen LogP contribution in [-0.4, -0.2) is 38.2 Å². The molecule has 7 heteroatoms. The number of nitrogens with one attached hydrogen (secondary N) is 1. The van der Waals surface area contributed by atoms with Gasteiger partial charge in [-0.3, -0.25) is 9.59 Å². The molecule has 4 rings (SSSR count). The Morgan fingerprint density at radius 2 is 1.83 bits per heavy atom. The number of carbonyl (C=O) groups excluding carboxylic acids is 2. The average molecular weight is 422 g/mol. The second-order valence-corrected chi connectivity index (χ2v) is 7.67. The van der Waals surface area contributed by atoms with Gasteiger partial charge in [-0.1, -0.05) is 53.6 Å². The SMILES string of the molecule is Cc1ccc(C(O)=C2C(=O)C(=O)N(CCc3cnc[nH]3)[C@@H]2c2ccc(Cl)cc2)cc1. The molecule has 30 heavy (non-hydrogen) atoms. The quantitative estimate of drug-likeness (QED) is 0.370. The van der Waals surface area contributed by atoms with Gasteiger partial charge in [-0.25, -0.2) is 4.98 Å². The van der Waals surface area contributed by atoms with Gasteiger partial charge in [-0.15, -0.1) is 0 Å². The number of halogens is 1. The highest BCUT2D eigenvalue weighted by molar-refractivity contribution is 6.46. The van der Waals surface area contributed by atoms with Crippen LogP contribution in [0.1, 0.15) is 28.4 Å². The van der Waals surface area contributed by atoms with Crippen LogP contribution in [0, 0.1) is 6.92 Å². The van der Waals surface area contributed by atoms with Crippen molar-refractivity contribution < 1.29 is 14.7 Å². The number of carbonyl (C=O) groups is 2. The molecule has 1 saturated heterocycles. The lowest BCUT2D eigenvalue weighted by Crippen LogP contribution is -2.31. The van der Waals surface area contributed by atoms with Gasteiger partial charge in [0.05, 0.1) is 17.9 Å². The number of aromatic nitrogens is 2. The molecule has 1 aliphatic rings. The Balaban J connectivity index is 1.79. The number of aliphatic hydroxyl groups excluding tert-OH is 1. The maximum atomic E-state index is 13.0. The van der Waals surface area contributed by atoms with E-state index in [2.05, 4.69) is 9.97 Å². The van der Waals surface area contributed by atoms with Crippen molar-refractivity contribution in [3.8, 4) is 0 Å². The van der Waals surface area contributed by atoms with Gasteiger partial charge in [0.1, 0.15) is 5.76 Å². The van der Waals surface area contributed by atoms with Gasteiger partial charge < -0.3 is 15.0 Å². The number of likely N-dealkylation sites (tertiary alicyclic amines) is 1. The summed E-state index contributed by atoms with van der Waals surface area (Å²) in [6, 6.07) is 13.4. The summed E-state index contributed by atoms with van der Waals surface area (Å²) < 4.78 is 0. The second kappa shape index (κ2) is 8.16. The number of hydrogen-bond donors (Lipinski definition) is 2. The molecule has 1 amide bonds. The lowest BCUT2D eigenvalue weighted by atomic mass is 9.95. The Hall–Kier alpha value is -3.38. The number of hydrogen-bond acceptors (Lipinski definition) is 4. The zero-order valence-corrected chi connectivity index (χ0v) is 17.1. The monoisotopic (exact) mass is 421 g/mol. The van der Waals surface area contributed by atoms with Crippen molar-refractivity contribution >= 4 is 29.1 Å². The van der Waals surface area contributed by atoms with E-state index in [1.54, 1.807) is 48.9 Å². The van der Waals surface area contributed by atoms with Gasteiger partial charge in [0.25, 0.3) is 11.7 Å². The molecule has 0 radical (unpaired) electrons. The molecule has 0 aliphatic carbocycles. The van der Waals surface area contributed by atoms with Gasteiger partial charge in [-0.05, 0) is 24.6 Å². The van der Waals surface area contributed by atoms with Gasteiger partial charge in [0.2, 0.25) is 0 Å². The van der Waals surface area contributed by atoms with Gasteiger partial charge in [-0.2, -0.15) is 0 Å². The molecule has 2 aromatic carbocycles. The number of imidazole rings is 1. The molecule has 0 bridgehead atoms. The maximum absolute atomic E-state index is 13.0. The summed E-state index contributed by atoms with van der Waals surface area (Å²) in [5.41, 5.74) is 3.16. The van der Waals surface area contributed by atoms with E-state index in [-0.39, 0.29) is 11.3 Å². The Morgan fingerprint density at radius 3 is 2.47 bits per heavy atom. The number of aromatic amines is 1. The summed E-state index contributed by atoms with van der Waals surface area (Å²) in [6.45, 7) is 2.23. The van der Waals surface area contributed by atoms with Crippen molar-refractivity contribution in [1.82, 2.24) is 14.9 Å². The van der Waals surface area contributed by atoms with E-state index in [1.165, 1.54) is 4.90 Å². The molecule has 1 aliphatic heterocycles. The van der Waals surface area contributed by atoms with Crippen LogP contribution in [0.2, 0.25) is 5.02 Å². The third-order valence-corrected chi connectivity index (χ3v) is 5.48. The van der Waals surface area contributed by atoms with Crippen molar-refractivity contribution in [3.63, 3.8) is 0 Å². The number of aliphatic hydroxyl groups is 1. The Labute approximate surface area is 178 Å². The molecule has 1 atom stereocenters. The predicted octanol–water partition coefficient (Wildman–Crippen LogP) is 4.04. The topological polar surface area (TPSA) is 86.3 Å². The summed E-state index contributed by atoms with van der Waals surface area (Å²) in [4.78, 5) is 34.3. The van der Waals surface area contributed by atoms with Crippen LogP contribution in [0.5, 0.6) is 0 Å². The fraction of sp³-hybridized carbons (Fsp3) is 0.174. The first-order valence-corrected chi connectivity index (χ1v) is 9.91. The predicted molar refractivity (Wildman–Crippen MR) is 114 cm³/mol. The first-order valence-electron chi connectivity index (χ1n) is 9.54. The minimum atomic E-state index is -0.702. The third-order valence-electron chi connectivity index (χ3n) is 5.23. The molecule has 0 saturated carbocycles. The van der Waals surface area contributed by atoms with E-state index in [0.717, 1.165) is 11.3 Å². The van der Waals surface area contributed by atoms with E-state index >= 15 is 0 Å². The van der Waals surface area contributed by atoms with E-state index in [0.29, 0.717) is 29.1 Å². The van der Waals surface area contributed by atoms with Crippen molar-refractivity contribution in [2.24, 2.45) is 0 Å². The lowest BCUT2D eigenvalue weighted by Gasteiger charge is -2.25. The molecule has 152 valence electrons. The van der Waals surface area contributed by atoms with Crippen LogP contribution < -0.4 is 0 Å². The van der Waals surface area contributed by atoms with Crippen LogP contribution in [0.15, 0.2) is 66.6 Å². The molecule has 2 heterocycles. The largest absolute Gasteiger partial charge is 0.507 e. The second-order valence-electron chi connectivity index (χ2n) is 7.24. The molecule has 1 aromatic heterocycles. The average Bonchev–Trinajstić information content (AvgIpc) is 3.34. The van der Waals surface area contributed by atoms with Gasteiger partial charge >= 0.3 is 0 Å². The molecular formula is C23H20ClN3O3. The molecule has 2 N–H and O–H groups in total. The number of Topliss-reactive ketones (excluding diaryl/α,β-unsaturated/α-hetero) is 1. The van der Waals surface area contributed by atoms with Crippen molar-refractivity contribution in [2.45, 2.75) is 19.4 Å². The number of benzene rings is 2. The van der Waals surface area contributed by atoms with Crippen molar-refractivity contribution in [2.75, 3.05) is 6.54 Å². The number of aryl methyl sites for hydroxylation is 1. The molecular weight excluding hydrogens is 402 g/mol. The van der Waals surface area contributed by atoms with Crippen LogP contribution >= 0.6 is 11.6 Å². The minimum Gasteiger partial charge on any atom is -0.507 e. The van der Waals surface area contributed by atoms with Crippen LogP contribution in [0.4, 0.5) is 0 Å². The number of rotatable bonds is 5. The van der Waals surface area contributed by atoms with Crippen molar-refractivity contribution in [3.05, 3.63) is 94.0 Å². The van der Waals surface area contributed by atoms with Gasteiger partial charge in [0, 0.05) is 35.4 Å². The van der Waals surface area contributed by atoms with E-state index in [1.807, 2.05) is 19.1 Å². The lowest BCUT2D eigenvalue weighted by molar-refractivity contribution is -0.139. The third kappa shape index (κ3) is 3.74. The summed E-state index contributed by atoms with van der Waals surface area (Å²) in [5, 5.41) is 11.5. The number of H-pyrrole nitrogens is 1. The summed E-state index contributed by atoms with van der Waals surface area (Å²) >= 11 is 6.03. The molecule has 1 fully saturated rings. The fourth-order valence-corrected chi connectivity index (χ4v) is 3.76. The fourth-order valence-electron chi connectivity index (χ4n) is 3.63. The smallest absolute Gasteiger partial charge is 0.295 e. The van der Waals surface area contributed by atoms with Crippen LogP contribution in [-0.2, 0) is 16.0 Å². The highest BCUT2D eigenvalue weighted by atomic mass is 35.5. The number of ketones is 1. The first kappa shape index (κ1) is 19.9. The molecule has 0 unspecified atom stereocenters. The zero-order valence-electron chi connectivity index (χ0n) is 16.3. The summed E-state index contributed by atoms with van der Waals surface area (Å²) in [7, 11) is 0. The molecule has 3 aromatic rings. The van der Waals surface area contributed by atoms with E-state index in [4.69, 9.17) is 11.6 Å². The van der Waals surface area contributed by atoms with Crippen molar-refractivity contribution in [1.29, 1.82) is 0 Å². The normalized spacial score (nSPS) is 18.2. The number of amides is 1. The Bertz CT molecular complexity index is 1100. The minimum absolute atomic E-state index is 0.0794. The Morgan fingerprint density at radius 1 is 1.13 bits per heavy atom. The van der Waals surface area contributed by atoms with Crippen LogP contribution in [0.3, 0.4) is 0 Å². The van der Waals surface area contributed by atoms with E-state index in [9.17, 15) is 14.7 Å². The summed E-state index contributed by atoms with van der Waals surface area (Å²) in [5.74, 6) is -1.52. The molecule has 6 nitrogen and oxygen atoms in total. The highest BCUT2D eigenvalue weighted by Gasteiger charge is 2.45. The maximum Gasteiger partial charge on any atom is 0.295 e. The summed E-state index contributed by atoms with van der Waals surface area (Å²) in [6.07, 6.45) is 3.75. The van der Waals surface area contributed by atoms with E-state index < -0.39 is 17.7 Å². The standard InChI is InChI=1S/C23H20ClN3O3/c1-14-2-4-16(5-3-14)21(28)19-20(15-6-8-17(24)9-7-15)27(23(30)22(19)29)11-10-18-12-25-13-26-18/h2-9,12-13,20,28H,10-11H2,1H3,(H,25,26)/t20-/m1/s1. The zero-order chi connectivity index (χ0) is 21.3. The van der Waals surface area contributed by atoms with Crippen LogP contribution in [0.25, 0.3) is 5.76 Å². The Kier molecular flexibility index (Phi) is 5.42. The molecule has 0 spiro atoms. The van der Waals surface area contributed by atoms with Gasteiger partial charge in [0.15, 0.2) is 0 Å². The highest BCUT2D eigenvalue weighted by Crippen LogP contribution is 2.39. The number of nitrogens with zero attached hydrogens (tertiary/aromatic N) is 2. The first-order chi connectivity index (χ1) is 14.5.